The van der Waals surface area contributed by atoms with Crippen LogP contribution in [0, 0.1) is 0 Å². The monoisotopic (exact) mass is 308 g/mol. The lowest BCUT2D eigenvalue weighted by Gasteiger charge is -2.08. The first kappa shape index (κ1) is 17.2. The van der Waals surface area contributed by atoms with Crippen molar-refractivity contribution in [1.82, 2.24) is 10.9 Å². The predicted octanol–water partition coefficient (Wildman–Crippen LogP) is -0.0215. The molecule has 0 saturated carbocycles. The third kappa shape index (κ3) is 6.51. The largest absolute Gasteiger partial charge is 0.482 e. The van der Waals surface area contributed by atoms with Gasteiger partial charge in [0.15, 0.2) is 19.0 Å². The SMILES string of the molecule is CC(=O)NNC(=O)COC(=O)COc1cccc(C(C)=O)c1. The van der Waals surface area contributed by atoms with Gasteiger partial charge in [0.1, 0.15) is 5.75 Å². The number of carbonyl (C=O) groups excluding carboxylic acids is 4. The Labute approximate surface area is 126 Å². The second-order valence-electron chi connectivity index (χ2n) is 4.26. The van der Waals surface area contributed by atoms with Crippen LogP contribution in [0.2, 0.25) is 0 Å². The number of ether oxygens (including phenoxy) is 2. The number of hydrogen-bond donors (Lipinski definition) is 2. The topological polar surface area (TPSA) is 111 Å². The number of esters is 1. The van der Waals surface area contributed by atoms with Gasteiger partial charge in [-0.1, -0.05) is 12.1 Å². The number of hydrogen-bond acceptors (Lipinski definition) is 6. The van der Waals surface area contributed by atoms with Crippen molar-refractivity contribution in [2.75, 3.05) is 13.2 Å². The Hall–Kier alpha value is -2.90. The average Bonchev–Trinajstić information content (AvgIpc) is 2.49. The lowest BCUT2D eigenvalue weighted by atomic mass is 10.1. The van der Waals surface area contributed by atoms with Crippen molar-refractivity contribution < 1.29 is 28.7 Å². The Morgan fingerprint density at radius 3 is 2.41 bits per heavy atom. The summed E-state index contributed by atoms with van der Waals surface area (Å²) >= 11 is 0. The van der Waals surface area contributed by atoms with E-state index in [1.807, 2.05) is 5.43 Å². The number of carbonyl (C=O) groups is 4. The van der Waals surface area contributed by atoms with Crippen LogP contribution in [-0.2, 0) is 19.1 Å². The number of ketones is 1. The highest BCUT2D eigenvalue weighted by atomic mass is 16.6. The molecule has 1 aromatic rings. The molecule has 0 aliphatic carbocycles. The lowest BCUT2D eigenvalue weighted by Crippen LogP contribution is -2.42. The molecule has 2 amide bonds. The molecule has 0 unspecified atom stereocenters. The molecule has 0 atom stereocenters. The van der Waals surface area contributed by atoms with Gasteiger partial charge in [0.25, 0.3) is 5.91 Å². The summed E-state index contributed by atoms with van der Waals surface area (Å²) in [7, 11) is 0. The number of amides is 2. The second kappa shape index (κ2) is 8.40. The molecule has 0 heterocycles. The van der Waals surface area contributed by atoms with Gasteiger partial charge in [0.05, 0.1) is 0 Å². The van der Waals surface area contributed by atoms with Crippen LogP contribution >= 0.6 is 0 Å². The second-order valence-corrected chi connectivity index (χ2v) is 4.26. The summed E-state index contributed by atoms with van der Waals surface area (Å²) in [5, 5.41) is 0. The fraction of sp³-hybridized carbons (Fsp3) is 0.286. The van der Waals surface area contributed by atoms with Crippen molar-refractivity contribution in [2.24, 2.45) is 0 Å². The van der Waals surface area contributed by atoms with Gasteiger partial charge in [-0.2, -0.15) is 0 Å². The van der Waals surface area contributed by atoms with E-state index in [-0.39, 0.29) is 5.78 Å². The zero-order chi connectivity index (χ0) is 16.5. The van der Waals surface area contributed by atoms with Crippen molar-refractivity contribution >= 4 is 23.6 Å². The first-order valence-corrected chi connectivity index (χ1v) is 6.33. The van der Waals surface area contributed by atoms with Crippen LogP contribution in [-0.4, -0.2) is 36.8 Å². The average molecular weight is 308 g/mol. The van der Waals surface area contributed by atoms with Crippen molar-refractivity contribution in [3.8, 4) is 5.75 Å². The fourth-order valence-corrected chi connectivity index (χ4v) is 1.33. The standard InChI is InChI=1S/C14H16N2O6/c1-9(17)11-4-3-5-12(6-11)21-8-14(20)22-7-13(19)16-15-10(2)18/h3-6H,7-8H2,1-2H3,(H,15,18)(H,16,19). The highest BCUT2D eigenvalue weighted by Gasteiger charge is 2.09. The van der Waals surface area contributed by atoms with Gasteiger partial charge in [-0.3, -0.25) is 25.2 Å². The number of rotatable bonds is 6. The molecule has 1 aromatic carbocycles. The van der Waals surface area contributed by atoms with E-state index in [1.165, 1.54) is 19.9 Å². The number of nitrogens with one attached hydrogen (secondary N) is 2. The predicted molar refractivity (Wildman–Crippen MR) is 74.9 cm³/mol. The summed E-state index contributed by atoms with van der Waals surface area (Å²) in [5.41, 5.74) is 4.55. The number of hydrazine groups is 1. The Morgan fingerprint density at radius 1 is 1.05 bits per heavy atom. The zero-order valence-corrected chi connectivity index (χ0v) is 12.2. The van der Waals surface area contributed by atoms with E-state index in [0.717, 1.165) is 0 Å². The molecule has 8 heteroatoms. The van der Waals surface area contributed by atoms with Crippen LogP contribution in [0.15, 0.2) is 24.3 Å². The summed E-state index contributed by atoms with van der Waals surface area (Å²) in [5.74, 6) is -1.67. The molecule has 8 nitrogen and oxygen atoms in total. The molecular formula is C14H16N2O6. The van der Waals surface area contributed by atoms with E-state index in [1.54, 1.807) is 18.2 Å². The Morgan fingerprint density at radius 2 is 1.77 bits per heavy atom. The summed E-state index contributed by atoms with van der Waals surface area (Å²) in [6, 6.07) is 6.33. The fourth-order valence-electron chi connectivity index (χ4n) is 1.33. The summed E-state index contributed by atoms with van der Waals surface area (Å²) < 4.78 is 9.80. The van der Waals surface area contributed by atoms with Crippen molar-refractivity contribution in [3.63, 3.8) is 0 Å². The van der Waals surface area contributed by atoms with Crippen LogP contribution in [0.25, 0.3) is 0 Å². The third-order valence-electron chi connectivity index (χ3n) is 2.34. The third-order valence-corrected chi connectivity index (χ3v) is 2.34. The van der Waals surface area contributed by atoms with E-state index in [0.29, 0.717) is 11.3 Å². The quantitative estimate of drug-likeness (QED) is 0.434. The van der Waals surface area contributed by atoms with Crippen molar-refractivity contribution in [3.05, 3.63) is 29.8 Å². The number of benzene rings is 1. The maximum Gasteiger partial charge on any atom is 0.344 e. The molecule has 0 fully saturated rings. The van der Waals surface area contributed by atoms with Gasteiger partial charge < -0.3 is 9.47 Å². The molecule has 0 bridgehead atoms. The molecule has 1 rings (SSSR count). The minimum atomic E-state index is -0.758. The highest BCUT2D eigenvalue weighted by Crippen LogP contribution is 2.13. The van der Waals surface area contributed by atoms with Gasteiger partial charge >= 0.3 is 5.97 Å². The molecule has 0 aliphatic rings. The van der Waals surface area contributed by atoms with Crippen LogP contribution in [0.3, 0.4) is 0 Å². The van der Waals surface area contributed by atoms with Crippen LogP contribution in [0.5, 0.6) is 5.75 Å². The maximum absolute atomic E-state index is 11.4. The smallest absolute Gasteiger partial charge is 0.344 e. The molecule has 0 saturated heterocycles. The maximum atomic E-state index is 11.4. The van der Waals surface area contributed by atoms with Crippen molar-refractivity contribution in [1.29, 1.82) is 0 Å². The number of Topliss-reactive ketones (excluding diaryl/α,β-unsaturated/α-hetero) is 1. The molecule has 2 N–H and O–H groups in total. The van der Waals surface area contributed by atoms with E-state index < -0.39 is 31.0 Å². The molecule has 22 heavy (non-hydrogen) atoms. The van der Waals surface area contributed by atoms with Gasteiger partial charge in [-0.15, -0.1) is 0 Å². The van der Waals surface area contributed by atoms with Crippen LogP contribution < -0.4 is 15.6 Å². The van der Waals surface area contributed by atoms with Gasteiger partial charge in [-0.25, -0.2) is 4.79 Å². The van der Waals surface area contributed by atoms with Crippen molar-refractivity contribution in [2.45, 2.75) is 13.8 Å². The molecule has 0 spiro atoms. The zero-order valence-electron chi connectivity index (χ0n) is 12.2. The molecule has 0 aromatic heterocycles. The Balaban J connectivity index is 2.34. The molecule has 0 aliphatic heterocycles. The highest BCUT2D eigenvalue weighted by molar-refractivity contribution is 5.94. The van der Waals surface area contributed by atoms with E-state index in [9.17, 15) is 19.2 Å². The Kier molecular flexibility index (Phi) is 6.55. The first-order valence-electron chi connectivity index (χ1n) is 6.33. The normalized spacial score (nSPS) is 9.55. The first-order chi connectivity index (χ1) is 10.4. The molecule has 0 radical (unpaired) electrons. The van der Waals surface area contributed by atoms with E-state index in [2.05, 4.69) is 10.2 Å². The summed E-state index contributed by atoms with van der Waals surface area (Å²) in [6.07, 6.45) is 0. The van der Waals surface area contributed by atoms with Crippen LogP contribution in [0.1, 0.15) is 24.2 Å². The van der Waals surface area contributed by atoms with Crippen LogP contribution in [0.4, 0.5) is 0 Å². The van der Waals surface area contributed by atoms with Gasteiger partial charge in [0.2, 0.25) is 5.91 Å². The minimum absolute atomic E-state index is 0.123. The van der Waals surface area contributed by atoms with Gasteiger partial charge in [-0.05, 0) is 19.1 Å². The molecular weight excluding hydrogens is 292 g/mol. The lowest BCUT2D eigenvalue weighted by molar-refractivity contribution is -0.150. The summed E-state index contributed by atoms with van der Waals surface area (Å²) in [6.45, 7) is 1.68. The van der Waals surface area contributed by atoms with Gasteiger partial charge in [0, 0.05) is 12.5 Å². The summed E-state index contributed by atoms with van der Waals surface area (Å²) in [4.78, 5) is 44.3. The van der Waals surface area contributed by atoms with E-state index >= 15 is 0 Å². The Bertz CT molecular complexity index is 584. The minimum Gasteiger partial charge on any atom is -0.482 e. The van der Waals surface area contributed by atoms with E-state index in [4.69, 9.17) is 4.74 Å². The molecule has 118 valence electrons.